The van der Waals surface area contributed by atoms with Crippen molar-refractivity contribution in [3.63, 3.8) is 0 Å². The van der Waals surface area contributed by atoms with Gasteiger partial charge in [-0.15, -0.1) is 0 Å². The summed E-state index contributed by atoms with van der Waals surface area (Å²) >= 11 is 0. The van der Waals surface area contributed by atoms with Gasteiger partial charge >= 0.3 is 0 Å². The lowest BCUT2D eigenvalue weighted by Crippen LogP contribution is -2.52. The Balaban J connectivity index is 1.56. The fourth-order valence-corrected chi connectivity index (χ4v) is 4.56. The maximum absolute atomic E-state index is 13.7. The molecule has 0 bridgehead atoms. The van der Waals surface area contributed by atoms with Crippen LogP contribution in [0.4, 0.5) is 0 Å². The van der Waals surface area contributed by atoms with Gasteiger partial charge in [-0.25, -0.2) is 0 Å². The Kier molecular flexibility index (Phi) is 6.15. The molecular weight excluding hydrogens is 394 g/mol. The van der Waals surface area contributed by atoms with E-state index in [9.17, 15) is 14.4 Å². The van der Waals surface area contributed by atoms with E-state index in [0.29, 0.717) is 32.7 Å². The van der Waals surface area contributed by atoms with Crippen molar-refractivity contribution in [3.05, 3.63) is 71.8 Å². The third kappa shape index (κ3) is 3.98. The largest absolute Gasteiger partial charge is 0.395 e. The smallest absolute Gasteiger partial charge is 0.245 e. The van der Waals surface area contributed by atoms with Crippen LogP contribution in [-0.2, 0) is 19.8 Å². The lowest BCUT2D eigenvalue weighted by molar-refractivity contribution is -0.147. The molecule has 2 fully saturated rings. The summed E-state index contributed by atoms with van der Waals surface area (Å²) < 4.78 is 0. The van der Waals surface area contributed by atoms with Crippen molar-refractivity contribution < 1.29 is 19.5 Å². The zero-order valence-electron chi connectivity index (χ0n) is 17.4. The van der Waals surface area contributed by atoms with Crippen molar-refractivity contribution in [1.29, 1.82) is 0 Å². The number of carbonyl (C=O) groups is 3. The first-order chi connectivity index (χ1) is 15.1. The van der Waals surface area contributed by atoms with Gasteiger partial charge in [-0.1, -0.05) is 60.7 Å². The summed E-state index contributed by atoms with van der Waals surface area (Å²) in [5.74, 6) is -0.894. The molecular formula is C24H27N3O4. The summed E-state index contributed by atoms with van der Waals surface area (Å²) in [7, 11) is 0. The van der Waals surface area contributed by atoms with Crippen molar-refractivity contribution >= 4 is 17.7 Å². The number of benzene rings is 2. The Hall–Kier alpha value is -3.03. The van der Waals surface area contributed by atoms with Gasteiger partial charge in [0.25, 0.3) is 0 Å². The maximum atomic E-state index is 13.7. The number of β-amino-alcohol motifs (C(OH)–C–C–N with tert-alkyl or cyclic N) is 1. The predicted molar refractivity (Wildman–Crippen MR) is 115 cm³/mol. The average Bonchev–Trinajstić information content (AvgIpc) is 3.06. The summed E-state index contributed by atoms with van der Waals surface area (Å²) in [6.07, 6.45) is 0.0113. The number of likely N-dealkylation sites (tertiary alicyclic amines) is 1. The number of aliphatic hydroxyl groups excluding tert-OH is 1. The molecule has 162 valence electrons. The van der Waals surface area contributed by atoms with E-state index in [2.05, 4.69) is 4.90 Å². The van der Waals surface area contributed by atoms with Crippen LogP contribution in [0.15, 0.2) is 60.7 Å². The topological polar surface area (TPSA) is 81.2 Å². The van der Waals surface area contributed by atoms with Gasteiger partial charge in [0.1, 0.15) is 12.0 Å². The summed E-state index contributed by atoms with van der Waals surface area (Å²) in [5, 5.41) is 9.07. The summed E-state index contributed by atoms with van der Waals surface area (Å²) in [5.41, 5.74) is 0.402. The first kappa shape index (κ1) is 21.2. The van der Waals surface area contributed by atoms with Gasteiger partial charge in [0.05, 0.1) is 6.61 Å². The van der Waals surface area contributed by atoms with Crippen LogP contribution in [-0.4, -0.2) is 83.4 Å². The lowest BCUT2D eigenvalue weighted by Gasteiger charge is -2.35. The van der Waals surface area contributed by atoms with E-state index < -0.39 is 5.41 Å². The number of nitrogens with zero attached hydrogens (tertiary/aromatic N) is 3. The minimum atomic E-state index is -1.11. The Labute approximate surface area is 181 Å². The summed E-state index contributed by atoms with van der Waals surface area (Å²) in [6, 6.07) is 18.6. The molecule has 1 N–H and O–H groups in total. The number of carbonyl (C=O) groups excluding carboxylic acids is 3. The highest BCUT2D eigenvalue weighted by molar-refractivity contribution is 6.12. The van der Waals surface area contributed by atoms with Gasteiger partial charge in [-0.2, -0.15) is 0 Å². The van der Waals surface area contributed by atoms with Crippen LogP contribution >= 0.6 is 0 Å². The zero-order valence-corrected chi connectivity index (χ0v) is 17.4. The fraction of sp³-hybridized carbons (Fsp3) is 0.375. The van der Waals surface area contributed by atoms with Gasteiger partial charge in [0.2, 0.25) is 17.7 Å². The van der Waals surface area contributed by atoms with E-state index in [0.717, 1.165) is 16.0 Å². The van der Waals surface area contributed by atoms with Crippen LogP contribution in [0.1, 0.15) is 17.5 Å². The molecule has 2 saturated heterocycles. The molecule has 2 heterocycles. The average molecular weight is 421 g/mol. The minimum Gasteiger partial charge on any atom is -0.395 e. The van der Waals surface area contributed by atoms with Crippen molar-refractivity contribution in [2.24, 2.45) is 0 Å². The number of amides is 3. The van der Waals surface area contributed by atoms with E-state index in [1.165, 1.54) is 0 Å². The molecule has 0 spiro atoms. The molecule has 0 unspecified atom stereocenters. The minimum absolute atomic E-state index is 0.0113. The highest BCUT2D eigenvalue weighted by atomic mass is 16.3. The third-order valence-electron chi connectivity index (χ3n) is 6.30. The van der Waals surface area contributed by atoms with Gasteiger partial charge < -0.3 is 10.0 Å². The first-order valence-corrected chi connectivity index (χ1v) is 10.6. The standard InChI is InChI=1S/C24H27N3O4/c28-16-15-25-11-13-26(14-12-25)22(30)18-27-21(29)17-24(23(27)31,19-7-3-1-4-8-19)20-9-5-2-6-10-20/h1-10,28H,11-18H2. The molecule has 2 aromatic carbocycles. The molecule has 7 nitrogen and oxygen atoms in total. The van der Waals surface area contributed by atoms with Crippen molar-refractivity contribution in [2.45, 2.75) is 11.8 Å². The van der Waals surface area contributed by atoms with Crippen molar-refractivity contribution in [2.75, 3.05) is 45.9 Å². The second-order valence-corrected chi connectivity index (χ2v) is 8.05. The predicted octanol–water partition coefficient (Wildman–Crippen LogP) is 0.868. The molecule has 0 aromatic heterocycles. The first-order valence-electron chi connectivity index (χ1n) is 10.6. The molecule has 0 atom stereocenters. The van der Waals surface area contributed by atoms with Crippen LogP contribution in [0.3, 0.4) is 0 Å². The van der Waals surface area contributed by atoms with Gasteiger partial charge in [-0.3, -0.25) is 24.2 Å². The van der Waals surface area contributed by atoms with Gasteiger partial charge in [0.15, 0.2) is 0 Å². The number of imide groups is 1. The molecule has 3 amide bonds. The van der Waals surface area contributed by atoms with E-state index in [1.54, 1.807) is 4.90 Å². The Bertz CT molecular complexity index is 900. The number of aliphatic hydroxyl groups is 1. The number of hydrogen-bond acceptors (Lipinski definition) is 5. The van der Waals surface area contributed by atoms with Crippen LogP contribution in [0.5, 0.6) is 0 Å². The van der Waals surface area contributed by atoms with Crippen LogP contribution in [0, 0.1) is 0 Å². The van der Waals surface area contributed by atoms with E-state index >= 15 is 0 Å². The fourth-order valence-electron chi connectivity index (χ4n) is 4.56. The van der Waals surface area contributed by atoms with Crippen molar-refractivity contribution in [3.8, 4) is 0 Å². The maximum Gasteiger partial charge on any atom is 0.245 e. The number of rotatable bonds is 6. The molecule has 7 heteroatoms. The Morgan fingerprint density at radius 2 is 1.42 bits per heavy atom. The molecule has 0 aliphatic carbocycles. The second-order valence-electron chi connectivity index (χ2n) is 8.05. The zero-order chi connectivity index (χ0) is 21.8. The molecule has 2 aliphatic heterocycles. The van der Waals surface area contributed by atoms with E-state index in [4.69, 9.17) is 5.11 Å². The lowest BCUT2D eigenvalue weighted by atomic mass is 9.73. The molecule has 2 aromatic rings. The highest BCUT2D eigenvalue weighted by Crippen LogP contribution is 2.42. The quantitative estimate of drug-likeness (QED) is 0.700. The van der Waals surface area contributed by atoms with E-state index in [-0.39, 0.29) is 37.3 Å². The van der Waals surface area contributed by atoms with Crippen molar-refractivity contribution in [1.82, 2.24) is 14.7 Å². The highest BCUT2D eigenvalue weighted by Gasteiger charge is 2.54. The van der Waals surface area contributed by atoms with E-state index in [1.807, 2.05) is 60.7 Å². The molecule has 0 radical (unpaired) electrons. The molecule has 0 saturated carbocycles. The summed E-state index contributed by atoms with van der Waals surface area (Å²) in [6.45, 7) is 2.83. The molecule has 4 rings (SSSR count). The molecule has 31 heavy (non-hydrogen) atoms. The Morgan fingerprint density at radius 3 is 1.94 bits per heavy atom. The van der Waals surface area contributed by atoms with Crippen LogP contribution in [0.25, 0.3) is 0 Å². The SMILES string of the molecule is O=C(CN1C(=O)CC(c2ccccc2)(c2ccccc2)C1=O)N1CCN(CCO)CC1. The normalized spacial score (nSPS) is 19.1. The number of hydrogen-bond donors (Lipinski definition) is 1. The summed E-state index contributed by atoms with van der Waals surface area (Å²) in [4.78, 5) is 44.5. The Morgan fingerprint density at radius 1 is 0.871 bits per heavy atom. The van der Waals surface area contributed by atoms with Gasteiger partial charge in [0, 0.05) is 39.1 Å². The number of piperazine rings is 1. The molecule has 2 aliphatic rings. The van der Waals surface area contributed by atoms with Crippen LogP contribution < -0.4 is 0 Å². The van der Waals surface area contributed by atoms with Gasteiger partial charge in [-0.05, 0) is 11.1 Å². The monoisotopic (exact) mass is 421 g/mol. The van der Waals surface area contributed by atoms with Crippen LogP contribution in [0.2, 0.25) is 0 Å². The third-order valence-corrected chi connectivity index (χ3v) is 6.30. The second kappa shape index (κ2) is 8.99.